The highest BCUT2D eigenvalue weighted by Crippen LogP contribution is 2.45. The van der Waals surface area contributed by atoms with Crippen LogP contribution in [0.15, 0.2) is 140 Å². The van der Waals surface area contributed by atoms with Crippen molar-refractivity contribution in [2.75, 3.05) is 0 Å². The minimum Gasteiger partial charge on any atom is -0.353 e. The van der Waals surface area contributed by atoms with Gasteiger partial charge in [0.15, 0.2) is 0 Å². The van der Waals surface area contributed by atoms with Crippen molar-refractivity contribution in [3.8, 4) is 17.2 Å². The number of hydrogen-bond donors (Lipinski definition) is 1. The Bertz CT molecular complexity index is 3070. The van der Waals surface area contributed by atoms with E-state index in [4.69, 9.17) is 9.97 Å². The Labute approximate surface area is 272 Å². The monoisotopic (exact) mass is 616 g/mol. The minimum atomic E-state index is 0.665. The molecule has 4 aromatic heterocycles. The molecule has 0 spiro atoms. The molecule has 0 saturated heterocycles. The summed E-state index contributed by atoms with van der Waals surface area (Å²) < 4.78 is 4.78. The number of para-hydroxylation sites is 2. The zero-order valence-electron chi connectivity index (χ0n) is 25.0. The standard InChI is InChI=1S/C42H24N4S/c1-2-12-24(13-3-1)38-37-32(23-22-28-25-14-8-11-21-34(25)47-41(28)37)44-42(45-38)46-33-20-10-7-18-30(33)36-27-16-5-4-15-26(27)35-29-17-6-9-19-31(29)43-39(35)40(36)46/h1-23,43H. The summed E-state index contributed by atoms with van der Waals surface area (Å²) in [6.45, 7) is 0. The van der Waals surface area contributed by atoms with Gasteiger partial charge in [-0.2, -0.15) is 0 Å². The lowest BCUT2D eigenvalue weighted by atomic mass is 9.99. The van der Waals surface area contributed by atoms with Crippen LogP contribution >= 0.6 is 11.3 Å². The molecule has 0 bridgehead atoms. The van der Waals surface area contributed by atoms with Gasteiger partial charge in [-0.05, 0) is 35.0 Å². The van der Waals surface area contributed by atoms with Crippen molar-refractivity contribution in [3.63, 3.8) is 0 Å². The number of aromatic nitrogens is 4. The molecular weight excluding hydrogens is 593 g/mol. The van der Waals surface area contributed by atoms with Gasteiger partial charge in [0.1, 0.15) is 0 Å². The fourth-order valence-corrected chi connectivity index (χ4v) is 9.02. The highest BCUT2D eigenvalue weighted by atomic mass is 32.1. The van der Waals surface area contributed by atoms with Crippen LogP contribution in [0.3, 0.4) is 0 Å². The van der Waals surface area contributed by atoms with E-state index in [1.807, 2.05) is 11.3 Å². The van der Waals surface area contributed by atoms with E-state index in [0.717, 1.165) is 44.2 Å². The number of hydrogen-bond acceptors (Lipinski definition) is 3. The third-order valence-corrected chi connectivity index (χ3v) is 10.9. The molecule has 0 unspecified atom stereocenters. The molecule has 0 atom stereocenters. The van der Waals surface area contributed by atoms with Gasteiger partial charge in [0, 0.05) is 58.2 Å². The first-order valence-electron chi connectivity index (χ1n) is 15.9. The first-order chi connectivity index (χ1) is 23.3. The molecule has 0 radical (unpaired) electrons. The van der Waals surface area contributed by atoms with Crippen LogP contribution in [-0.2, 0) is 0 Å². The lowest BCUT2D eigenvalue weighted by Crippen LogP contribution is -2.04. The van der Waals surface area contributed by atoms with Crippen molar-refractivity contribution >= 4 is 96.8 Å². The lowest BCUT2D eigenvalue weighted by molar-refractivity contribution is 1.02. The summed E-state index contributed by atoms with van der Waals surface area (Å²) in [6, 6.07) is 49.7. The number of thiophene rings is 1. The number of nitrogens with one attached hydrogen (secondary N) is 1. The lowest BCUT2D eigenvalue weighted by Gasteiger charge is -2.13. The Balaban J connectivity index is 1.36. The number of nitrogens with zero attached hydrogens (tertiary/aromatic N) is 3. The average molecular weight is 617 g/mol. The van der Waals surface area contributed by atoms with E-state index in [1.165, 1.54) is 52.5 Å². The van der Waals surface area contributed by atoms with Gasteiger partial charge in [-0.1, -0.05) is 115 Å². The van der Waals surface area contributed by atoms with Crippen LogP contribution in [0.1, 0.15) is 0 Å². The summed E-state index contributed by atoms with van der Waals surface area (Å²) in [4.78, 5) is 14.8. The van der Waals surface area contributed by atoms with Crippen LogP contribution in [0.2, 0.25) is 0 Å². The molecule has 4 heterocycles. The van der Waals surface area contributed by atoms with Crippen molar-refractivity contribution in [1.82, 2.24) is 19.5 Å². The van der Waals surface area contributed by atoms with E-state index in [9.17, 15) is 0 Å². The fraction of sp³-hybridized carbons (Fsp3) is 0. The Morgan fingerprint density at radius 3 is 2.04 bits per heavy atom. The number of rotatable bonds is 2. The molecule has 0 aliphatic carbocycles. The minimum absolute atomic E-state index is 0.665. The number of benzene rings is 7. The third-order valence-electron chi connectivity index (χ3n) is 9.72. The van der Waals surface area contributed by atoms with Crippen LogP contribution in [0.25, 0.3) is 103 Å². The summed E-state index contributed by atoms with van der Waals surface area (Å²) in [6.07, 6.45) is 0. The van der Waals surface area contributed by atoms with Gasteiger partial charge in [0.2, 0.25) is 5.95 Å². The summed E-state index contributed by atoms with van der Waals surface area (Å²) in [5.74, 6) is 0.665. The normalized spacial score (nSPS) is 12.3. The van der Waals surface area contributed by atoms with Crippen LogP contribution in [0.4, 0.5) is 0 Å². The fourth-order valence-electron chi connectivity index (χ4n) is 7.77. The first kappa shape index (κ1) is 25.2. The van der Waals surface area contributed by atoms with Crippen LogP contribution in [0, 0.1) is 0 Å². The van der Waals surface area contributed by atoms with Crippen LogP contribution in [0.5, 0.6) is 0 Å². The van der Waals surface area contributed by atoms with Crippen molar-refractivity contribution in [1.29, 1.82) is 0 Å². The Morgan fingerprint density at radius 2 is 1.19 bits per heavy atom. The van der Waals surface area contributed by atoms with E-state index in [1.54, 1.807) is 0 Å². The largest absolute Gasteiger partial charge is 0.353 e. The van der Waals surface area contributed by atoms with E-state index in [0.29, 0.717) is 5.95 Å². The van der Waals surface area contributed by atoms with Gasteiger partial charge in [-0.15, -0.1) is 11.3 Å². The molecule has 11 aromatic rings. The van der Waals surface area contributed by atoms with E-state index in [-0.39, 0.29) is 0 Å². The van der Waals surface area contributed by atoms with Gasteiger partial charge < -0.3 is 4.98 Å². The van der Waals surface area contributed by atoms with Gasteiger partial charge in [-0.25, -0.2) is 9.97 Å². The molecule has 0 aliphatic rings. The maximum absolute atomic E-state index is 5.52. The predicted octanol–water partition coefficient (Wildman–Crippen LogP) is 11.5. The topological polar surface area (TPSA) is 46.5 Å². The van der Waals surface area contributed by atoms with Gasteiger partial charge >= 0.3 is 0 Å². The van der Waals surface area contributed by atoms with Crippen molar-refractivity contribution < 1.29 is 0 Å². The third kappa shape index (κ3) is 3.36. The predicted molar refractivity (Wildman–Crippen MR) is 199 cm³/mol. The second-order valence-electron chi connectivity index (χ2n) is 12.2. The molecule has 0 amide bonds. The molecule has 0 saturated carbocycles. The highest BCUT2D eigenvalue weighted by molar-refractivity contribution is 7.26. The van der Waals surface area contributed by atoms with Crippen LogP contribution in [-0.4, -0.2) is 19.5 Å². The Morgan fingerprint density at radius 1 is 0.511 bits per heavy atom. The molecule has 7 aromatic carbocycles. The average Bonchev–Trinajstić information content (AvgIpc) is 3.82. The number of aromatic amines is 1. The molecule has 218 valence electrons. The van der Waals surface area contributed by atoms with Crippen molar-refractivity contribution in [2.45, 2.75) is 0 Å². The zero-order chi connectivity index (χ0) is 30.6. The summed E-state index contributed by atoms with van der Waals surface area (Å²) in [7, 11) is 0. The van der Waals surface area contributed by atoms with Crippen LogP contribution < -0.4 is 0 Å². The molecule has 5 heteroatoms. The second-order valence-corrected chi connectivity index (χ2v) is 13.3. The van der Waals surface area contributed by atoms with E-state index in [2.05, 4.69) is 149 Å². The molecule has 0 fully saturated rings. The van der Waals surface area contributed by atoms with Crippen molar-refractivity contribution in [2.24, 2.45) is 0 Å². The molecular formula is C42H24N4S. The molecule has 11 rings (SSSR count). The van der Waals surface area contributed by atoms with E-state index >= 15 is 0 Å². The van der Waals surface area contributed by atoms with Crippen molar-refractivity contribution in [3.05, 3.63) is 140 Å². The second kappa shape index (κ2) is 9.25. The number of H-pyrrole nitrogens is 1. The Hall–Kier alpha value is -6.04. The summed E-state index contributed by atoms with van der Waals surface area (Å²) >= 11 is 1.82. The van der Waals surface area contributed by atoms with E-state index < -0.39 is 0 Å². The highest BCUT2D eigenvalue weighted by Gasteiger charge is 2.24. The maximum atomic E-state index is 5.52. The Kier molecular flexibility index (Phi) is 4.96. The van der Waals surface area contributed by atoms with Gasteiger partial charge in [-0.3, -0.25) is 4.57 Å². The molecule has 0 aliphatic heterocycles. The zero-order valence-corrected chi connectivity index (χ0v) is 25.8. The SMILES string of the molecule is c1ccc(-c2nc(-n3c4ccccc4c4c5ccccc5c5c6ccccc6[nH]c5c43)nc3ccc4c5ccccc5sc4c23)cc1. The smallest absolute Gasteiger partial charge is 0.235 e. The maximum Gasteiger partial charge on any atom is 0.235 e. The summed E-state index contributed by atoms with van der Waals surface area (Å²) in [5, 5.41) is 10.9. The molecule has 47 heavy (non-hydrogen) atoms. The molecule has 1 N–H and O–H groups in total. The number of fused-ring (bicyclic) bond motifs is 15. The van der Waals surface area contributed by atoms with Gasteiger partial charge in [0.25, 0.3) is 0 Å². The summed E-state index contributed by atoms with van der Waals surface area (Å²) in [5.41, 5.74) is 7.36. The quantitative estimate of drug-likeness (QED) is 0.210. The first-order valence-corrected chi connectivity index (χ1v) is 16.7. The molecule has 4 nitrogen and oxygen atoms in total. The van der Waals surface area contributed by atoms with Gasteiger partial charge in [0.05, 0.1) is 27.8 Å².